The second-order valence-corrected chi connectivity index (χ2v) is 11.3. The van der Waals surface area contributed by atoms with Crippen LogP contribution >= 0.6 is 0 Å². The van der Waals surface area contributed by atoms with E-state index in [1.165, 1.54) is 24.3 Å². The van der Waals surface area contributed by atoms with Crippen molar-refractivity contribution in [3.05, 3.63) is 95.1 Å². The molecule has 268 valence electrons. The van der Waals surface area contributed by atoms with Gasteiger partial charge in [-0.05, 0) is 77.4 Å². The van der Waals surface area contributed by atoms with Gasteiger partial charge in [-0.2, -0.15) is 0 Å². The van der Waals surface area contributed by atoms with E-state index in [9.17, 15) is 65.1 Å². The molecule has 1 aromatic heterocycles. The molecule has 0 amide bonds. The number of rotatable bonds is 12. The van der Waals surface area contributed by atoms with E-state index in [2.05, 4.69) is 0 Å². The quantitative estimate of drug-likeness (QED) is 0.0498. The monoisotopic (exact) mass is 716 g/mol. The maximum absolute atomic E-state index is 13.7. The Kier molecular flexibility index (Phi) is 10.1. The standard InChI is InChI=1S/C36H28O16/c37-21-5-1-17(10-24(21)40)13-28(34(45)46)50-30(44)8-3-16-9-20-31(32(52-33(20)27(43)12-16)19-4-7-23(39)26(42)15-19)36(49)51-29(35(47)48)14-18-2-6-22(38)25(41)11-18/h1-12,15,28-29,37-43H,13-14H2,(H,45,46)(H,47,48). The van der Waals surface area contributed by atoms with Crippen LogP contribution in [0.4, 0.5) is 0 Å². The Balaban J connectivity index is 1.49. The first-order valence-corrected chi connectivity index (χ1v) is 15.0. The highest BCUT2D eigenvalue weighted by atomic mass is 16.6. The van der Waals surface area contributed by atoms with Gasteiger partial charge in [0, 0.05) is 29.9 Å². The summed E-state index contributed by atoms with van der Waals surface area (Å²) >= 11 is 0. The molecule has 1 heterocycles. The van der Waals surface area contributed by atoms with Gasteiger partial charge in [0.15, 0.2) is 45.8 Å². The van der Waals surface area contributed by atoms with Crippen molar-refractivity contribution in [2.45, 2.75) is 25.0 Å². The Hall–Kier alpha value is -7.36. The van der Waals surface area contributed by atoms with Crippen molar-refractivity contribution in [3.8, 4) is 51.6 Å². The van der Waals surface area contributed by atoms with Crippen LogP contribution in [0.5, 0.6) is 40.2 Å². The lowest BCUT2D eigenvalue weighted by Gasteiger charge is -2.15. The van der Waals surface area contributed by atoms with Crippen molar-refractivity contribution in [2.75, 3.05) is 0 Å². The number of esters is 2. The molecule has 5 rings (SSSR count). The molecule has 0 saturated heterocycles. The summed E-state index contributed by atoms with van der Waals surface area (Å²) in [5.41, 5.74) is -0.279. The van der Waals surface area contributed by atoms with Crippen LogP contribution in [0.2, 0.25) is 0 Å². The highest BCUT2D eigenvalue weighted by molar-refractivity contribution is 6.11. The van der Waals surface area contributed by atoms with Gasteiger partial charge < -0.3 is 59.8 Å². The average Bonchev–Trinajstić information content (AvgIpc) is 3.48. The first-order chi connectivity index (χ1) is 24.6. The fourth-order valence-electron chi connectivity index (χ4n) is 5.08. The number of hydrogen-bond donors (Lipinski definition) is 9. The van der Waals surface area contributed by atoms with E-state index < -0.39 is 88.3 Å². The Morgan fingerprint density at radius 1 is 0.615 bits per heavy atom. The summed E-state index contributed by atoms with van der Waals surface area (Å²) in [6.07, 6.45) is -2.43. The number of aliphatic carboxylic acids is 2. The predicted octanol–water partition coefficient (Wildman–Crippen LogP) is 4.14. The van der Waals surface area contributed by atoms with Crippen LogP contribution in [0, 0.1) is 0 Å². The summed E-state index contributed by atoms with van der Waals surface area (Å²) in [5, 5.41) is 88.7. The molecule has 0 radical (unpaired) electrons. The molecule has 0 aliphatic heterocycles. The maximum atomic E-state index is 13.7. The third-order valence-electron chi connectivity index (χ3n) is 7.63. The van der Waals surface area contributed by atoms with Gasteiger partial charge in [0.2, 0.25) is 12.2 Å². The molecule has 9 N–H and O–H groups in total. The predicted molar refractivity (Wildman–Crippen MR) is 177 cm³/mol. The number of furan rings is 1. The molecular formula is C36H28O16. The number of ether oxygens (including phenoxy) is 2. The second-order valence-electron chi connectivity index (χ2n) is 11.3. The number of phenolic OH excluding ortho intramolecular Hbond substituents is 7. The van der Waals surface area contributed by atoms with Crippen LogP contribution in [0.3, 0.4) is 0 Å². The molecule has 2 unspecified atom stereocenters. The van der Waals surface area contributed by atoms with Crippen LogP contribution in [-0.2, 0) is 36.7 Å². The molecule has 0 saturated carbocycles. The van der Waals surface area contributed by atoms with E-state index in [0.29, 0.717) is 0 Å². The SMILES string of the molecule is O=C(C=Cc1cc(O)c2oc(-c3ccc(O)c(O)c3)c(C(=O)OC(Cc3ccc(O)c(O)c3)C(=O)O)c2c1)OC(Cc1ccc(O)c(O)c1)C(=O)O. The Bertz CT molecular complexity index is 2250. The van der Waals surface area contributed by atoms with E-state index in [-0.39, 0.29) is 45.4 Å². The number of aromatic hydroxyl groups is 7. The van der Waals surface area contributed by atoms with Gasteiger partial charge in [0.1, 0.15) is 11.3 Å². The molecule has 0 spiro atoms. The van der Waals surface area contributed by atoms with Crippen LogP contribution in [0.25, 0.3) is 28.4 Å². The van der Waals surface area contributed by atoms with Gasteiger partial charge >= 0.3 is 23.9 Å². The molecule has 16 heteroatoms. The molecular weight excluding hydrogens is 688 g/mol. The number of carbonyl (C=O) groups excluding carboxylic acids is 2. The molecule has 0 aliphatic rings. The van der Waals surface area contributed by atoms with Crippen molar-refractivity contribution in [1.29, 1.82) is 0 Å². The molecule has 5 aromatic rings. The number of carbonyl (C=O) groups is 4. The topological polar surface area (TPSA) is 282 Å². The molecule has 4 aromatic carbocycles. The maximum Gasteiger partial charge on any atom is 0.345 e. The summed E-state index contributed by atoms with van der Waals surface area (Å²) in [6, 6.07) is 12.8. The molecule has 0 bridgehead atoms. The van der Waals surface area contributed by atoms with E-state index >= 15 is 0 Å². The normalized spacial score (nSPS) is 12.4. The van der Waals surface area contributed by atoms with Gasteiger partial charge in [-0.3, -0.25) is 0 Å². The zero-order chi connectivity index (χ0) is 37.9. The van der Waals surface area contributed by atoms with Crippen molar-refractivity contribution < 1.29 is 79.0 Å². The summed E-state index contributed by atoms with van der Waals surface area (Å²) in [5.74, 6) is -9.46. The summed E-state index contributed by atoms with van der Waals surface area (Å²) < 4.78 is 16.2. The Morgan fingerprint density at radius 2 is 1.13 bits per heavy atom. The molecule has 52 heavy (non-hydrogen) atoms. The lowest BCUT2D eigenvalue weighted by Crippen LogP contribution is -2.29. The van der Waals surface area contributed by atoms with Crippen molar-refractivity contribution >= 4 is 40.9 Å². The van der Waals surface area contributed by atoms with Crippen LogP contribution < -0.4 is 0 Å². The van der Waals surface area contributed by atoms with Gasteiger partial charge in [-0.15, -0.1) is 0 Å². The van der Waals surface area contributed by atoms with Gasteiger partial charge in [0.25, 0.3) is 0 Å². The van der Waals surface area contributed by atoms with Gasteiger partial charge in [-0.1, -0.05) is 12.1 Å². The summed E-state index contributed by atoms with van der Waals surface area (Å²) in [4.78, 5) is 50.3. The third kappa shape index (κ3) is 7.92. The van der Waals surface area contributed by atoms with Crippen LogP contribution in [0.15, 0.2) is 77.2 Å². The number of carboxylic acids is 2. The van der Waals surface area contributed by atoms with Gasteiger partial charge in [0.05, 0.1) is 0 Å². The minimum atomic E-state index is -1.85. The Labute approximate surface area is 291 Å². The third-order valence-corrected chi connectivity index (χ3v) is 7.63. The van der Waals surface area contributed by atoms with E-state index in [4.69, 9.17) is 13.9 Å². The average molecular weight is 717 g/mol. The van der Waals surface area contributed by atoms with Gasteiger partial charge in [-0.25, -0.2) is 19.2 Å². The summed E-state index contributed by atoms with van der Waals surface area (Å²) in [7, 11) is 0. The fraction of sp³-hybridized carbons (Fsp3) is 0.111. The zero-order valence-corrected chi connectivity index (χ0v) is 26.5. The highest BCUT2D eigenvalue weighted by Gasteiger charge is 2.31. The van der Waals surface area contributed by atoms with Crippen molar-refractivity contribution in [2.24, 2.45) is 0 Å². The number of hydrogen-bond acceptors (Lipinski definition) is 14. The Morgan fingerprint density at radius 3 is 1.65 bits per heavy atom. The first kappa shape index (κ1) is 35.9. The largest absolute Gasteiger partial charge is 0.504 e. The van der Waals surface area contributed by atoms with E-state index in [0.717, 1.165) is 54.6 Å². The van der Waals surface area contributed by atoms with Crippen LogP contribution in [-0.4, -0.2) is 82.0 Å². The molecule has 16 nitrogen and oxygen atoms in total. The lowest BCUT2D eigenvalue weighted by atomic mass is 10.0. The fourth-order valence-corrected chi connectivity index (χ4v) is 5.08. The molecule has 0 aliphatic carbocycles. The zero-order valence-electron chi connectivity index (χ0n) is 26.5. The molecule has 2 atom stereocenters. The molecule has 0 fully saturated rings. The lowest BCUT2D eigenvalue weighted by molar-refractivity contribution is -0.160. The first-order valence-electron chi connectivity index (χ1n) is 15.0. The number of phenols is 7. The second kappa shape index (κ2) is 14.6. The number of fused-ring (bicyclic) bond motifs is 1. The number of benzene rings is 4. The summed E-state index contributed by atoms with van der Waals surface area (Å²) in [6.45, 7) is 0. The van der Waals surface area contributed by atoms with E-state index in [1.54, 1.807) is 0 Å². The number of carboxylic acid groups (broad SMARTS) is 2. The minimum absolute atomic E-state index is 0.00416. The van der Waals surface area contributed by atoms with Crippen molar-refractivity contribution in [1.82, 2.24) is 0 Å². The van der Waals surface area contributed by atoms with Crippen LogP contribution in [0.1, 0.15) is 27.0 Å². The smallest absolute Gasteiger partial charge is 0.345 e. The minimum Gasteiger partial charge on any atom is -0.504 e. The van der Waals surface area contributed by atoms with Crippen molar-refractivity contribution in [3.63, 3.8) is 0 Å². The van der Waals surface area contributed by atoms with E-state index in [1.807, 2.05) is 0 Å². The highest BCUT2D eigenvalue weighted by Crippen LogP contribution is 2.41.